The number of nitrogens with zero attached hydrogens (tertiary/aromatic N) is 4. The Morgan fingerprint density at radius 3 is 2.61 bits per heavy atom. The number of piperidine rings is 1. The number of para-hydroxylation sites is 2. The van der Waals surface area contributed by atoms with Crippen molar-refractivity contribution in [3.63, 3.8) is 0 Å². The zero-order valence-electron chi connectivity index (χ0n) is 18.4. The third-order valence-corrected chi connectivity index (χ3v) is 5.41. The number of alkyl carbamates (subject to hydrolysis) is 1. The number of anilines is 1. The normalized spacial score (nSPS) is 15.3. The van der Waals surface area contributed by atoms with E-state index < -0.39 is 17.5 Å². The van der Waals surface area contributed by atoms with Gasteiger partial charge in [-0.25, -0.2) is 19.2 Å². The highest BCUT2D eigenvalue weighted by molar-refractivity contribution is 5.81. The van der Waals surface area contributed by atoms with Crippen LogP contribution in [0.1, 0.15) is 33.6 Å². The molecule has 4 rings (SSSR count). The molecule has 1 fully saturated rings. The van der Waals surface area contributed by atoms with Gasteiger partial charge in [0.25, 0.3) is 0 Å². The lowest BCUT2D eigenvalue weighted by atomic mass is 10.0. The Labute approximate surface area is 181 Å². The van der Waals surface area contributed by atoms with Crippen LogP contribution in [0.4, 0.5) is 15.0 Å². The molecule has 1 aliphatic rings. The second-order valence-electron chi connectivity index (χ2n) is 8.91. The van der Waals surface area contributed by atoms with Crippen molar-refractivity contribution in [3.8, 4) is 11.4 Å². The lowest BCUT2D eigenvalue weighted by Crippen LogP contribution is -2.46. The number of aromatic nitrogens is 3. The van der Waals surface area contributed by atoms with E-state index in [2.05, 4.69) is 20.2 Å². The second kappa shape index (κ2) is 8.17. The van der Waals surface area contributed by atoms with Crippen LogP contribution in [0.5, 0.6) is 0 Å². The van der Waals surface area contributed by atoms with Gasteiger partial charge in [0.1, 0.15) is 17.2 Å². The highest BCUT2D eigenvalue weighted by atomic mass is 19.1. The molecule has 0 saturated carbocycles. The number of fused-ring (bicyclic) bond motifs is 1. The van der Waals surface area contributed by atoms with Gasteiger partial charge >= 0.3 is 6.09 Å². The van der Waals surface area contributed by atoms with Crippen LogP contribution in [0, 0.1) is 5.82 Å². The minimum absolute atomic E-state index is 0.0471. The van der Waals surface area contributed by atoms with Gasteiger partial charge in [-0.2, -0.15) is 0 Å². The van der Waals surface area contributed by atoms with Crippen molar-refractivity contribution in [2.24, 2.45) is 7.05 Å². The molecule has 1 aromatic carbocycles. The van der Waals surface area contributed by atoms with Crippen LogP contribution in [0.2, 0.25) is 0 Å². The SMILES string of the molecule is Cn1c(-c2cc(N3CCC(NC(=O)OC(C)(C)C)CC3)ncc2F)nc2ccccc21. The van der Waals surface area contributed by atoms with Crippen LogP contribution < -0.4 is 10.2 Å². The smallest absolute Gasteiger partial charge is 0.407 e. The predicted octanol–water partition coefficient (Wildman–Crippen LogP) is 4.27. The third kappa shape index (κ3) is 4.62. The maximum Gasteiger partial charge on any atom is 0.407 e. The molecule has 0 bridgehead atoms. The molecule has 1 saturated heterocycles. The molecule has 1 N–H and O–H groups in total. The summed E-state index contributed by atoms with van der Waals surface area (Å²) in [5.41, 5.74) is 1.68. The zero-order chi connectivity index (χ0) is 22.2. The largest absolute Gasteiger partial charge is 0.444 e. The Bertz CT molecular complexity index is 1100. The first-order valence-electron chi connectivity index (χ1n) is 10.5. The number of carbonyl (C=O) groups is 1. The van der Waals surface area contributed by atoms with E-state index in [-0.39, 0.29) is 6.04 Å². The molecule has 0 aliphatic carbocycles. The molecule has 8 heteroatoms. The predicted molar refractivity (Wildman–Crippen MR) is 119 cm³/mol. The van der Waals surface area contributed by atoms with Gasteiger partial charge in [0.05, 0.1) is 22.8 Å². The van der Waals surface area contributed by atoms with Gasteiger partial charge in [-0.1, -0.05) is 12.1 Å². The highest BCUT2D eigenvalue weighted by Crippen LogP contribution is 2.29. The molecule has 0 radical (unpaired) electrons. The van der Waals surface area contributed by atoms with Gasteiger partial charge < -0.3 is 19.5 Å². The third-order valence-electron chi connectivity index (χ3n) is 5.41. The molecule has 1 amide bonds. The number of hydrogen-bond donors (Lipinski definition) is 1. The molecule has 3 aromatic rings. The Morgan fingerprint density at radius 1 is 1.23 bits per heavy atom. The van der Waals surface area contributed by atoms with Gasteiger partial charge in [-0.15, -0.1) is 0 Å². The minimum Gasteiger partial charge on any atom is -0.444 e. The van der Waals surface area contributed by atoms with E-state index in [4.69, 9.17) is 4.74 Å². The maximum absolute atomic E-state index is 14.7. The van der Waals surface area contributed by atoms with Crippen molar-refractivity contribution in [3.05, 3.63) is 42.3 Å². The zero-order valence-corrected chi connectivity index (χ0v) is 18.4. The summed E-state index contributed by atoms with van der Waals surface area (Å²) in [4.78, 5) is 23.0. The number of hydrogen-bond acceptors (Lipinski definition) is 5. The quantitative estimate of drug-likeness (QED) is 0.679. The Morgan fingerprint density at radius 2 is 1.94 bits per heavy atom. The van der Waals surface area contributed by atoms with E-state index in [1.54, 1.807) is 6.07 Å². The topological polar surface area (TPSA) is 72.3 Å². The molecule has 0 spiro atoms. The van der Waals surface area contributed by atoms with Crippen molar-refractivity contribution in [1.29, 1.82) is 0 Å². The average molecular weight is 426 g/mol. The van der Waals surface area contributed by atoms with Crippen LogP contribution in [-0.2, 0) is 11.8 Å². The van der Waals surface area contributed by atoms with Crippen LogP contribution in [0.3, 0.4) is 0 Å². The monoisotopic (exact) mass is 425 g/mol. The molecule has 0 unspecified atom stereocenters. The van der Waals surface area contributed by atoms with Crippen molar-refractivity contribution < 1.29 is 13.9 Å². The summed E-state index contributed by atoms with van der Waals surface area (Å²) in [6.45, 7) is 6.95. The van der Waals surface area contributed by atoms with Crippen LogP contribution in [-0.4, -0.2) is 45.4 Å². The second-order valence-corrected chi connectivity index (χ2v) is 8.91. The minimum atomic E-state index is -0.519. The van der Waals surface area contributed by atoms with Crippen molar-refractivity contribution >= 4 is 22.9 Å². The maximum atomic E-state index is 14.7. The van der Waals surface area contributed by atoms with E-state index >= 15 is 0 Å². The van der Waals surface area contributed by atoms with Crippen LogP contribution in [0.25, 0.3) is 22.4 Å². The molecule has 7 nitrogen and oxygen atoms in total. The molecular weight excluding hydrogens is 397 g/mol. The van der Waals surface area contributed by atoms with Crippen LogP contribution >= 0.6 is 0 Å². The van der Waals surface area contributed by atoms with Gasteiger partial charge in [0.2, 0.25) is 0 Å². The molecular formula is C23H28FN5O2. The summed E-state index contributed by atoms with van der Waals surface area (Å²) in [5.74, 6) is 0.881. The number of rotatable bonds is 3. The molecule has 164 valence electrons. The van der Waals surface area contributed by atoms with Gasteiger partial charge in [0.15, 0.2) is 5.82 Å². The van der Waals surface area contributed by atoms with Gasteiger partial charge in [-0.05, 0) is 51.8 Å². The molecule has 2 aromatic heterocycles. The highest BCUT2D eigenvalue weighted by Gasteiger charge is 2.25. The number of benzene rings is 1. The number of amides is 1. The summed E-state index contributed by atoms with van der Waals surface area (Å²) in [6.07, 6.45) is 2.39. The number of ether oxygens (including phenoxy) is 1. The molecule has 1 aliphatic heterocycles. The van der Waals surface area contributed by atoms with Gasteiger partial charge in [0, 0.05) is 26.2 Å². The average Bonchev–Trinajstić information content (AvgIpc) is 3.04. The first-order valence-corrected chi connectivity index (χ1v) is 10.5. The van der Waals surface area contributed by atoms with Crippen molar-refractivity contribution in [2.45, 2.75) is 45.3 Å². The summed E-state index contributed by atoms with van der Waals surface area (Å²) in [5, 5.41) is 2.93. The number of halogens is 1. The lowest BCUT2D eigenvalue weighted by Gasteiger charge is -2.33. The van der Waals surface area contributed by atoms with E-state index in [1.807, 2.05) is 56.7 Å². The number of imidazole rings is 1. The molecule has 31 heavy (non-hydrogen) atoms. The molecule has 3 heterocycles. The summed E-state index contributed by atoms with van der Waals surface area (Å²) in [7, 11) is 1.89. The number of nitrogens with one attached hydrogen (secondary N) is 1. The van der Waals surface area contributed by atoms with Crippen molar-refractivity contribution in [1.82, 2.24) is 19.9 Å². The van der Waals surface area contributed by atoms with E-state index in [0.717, 1.165) is 23.9 Å². The van der Waals surface area contributed by atoms with Crippen LogP contribution in [0.15, 0.2) is 36.5 Å². The fourth-order valence-electron chi connectivity index (χ4n) is 3.89. The number of aryl methyl sites for hydroxylation is 1. The Hall–Kier alpha value is -3.16. The van der Waals surface area contributed by atoms with E-state index in [9.17, 15) is 9.18 Å². The number of pyridine rings is 1. The summed E-state index contributed by atoms with van der Waals surface area (Å²) in [6, 6.07) is 9.56. The molecule has 0 atom stereocenters. The first-order chi connectivity index (χ1) is 14.7. The summed E-state index contributed by atoms with van der Waals surface area (Å²) < 4.78 is 21.9. The standard InChI is InChI=1S/C23H28FN5O2/c1-23(2,3)31-22(30)26-15-9-11-29(12-10-15)20-13-16(17(24)14-25-20)21-27-18-7-5-6-8-19(18)28(21)4/h5-8,13-15H,9-12H2,1-4H3,(H,26,30). The van der Waals surface area contributed by atoms with Gasteiger partial charge in [-0.3, -0.25) is 0 Å². The fourth-order valence-corrected chi connectivity index (χ4v) is 3.89. The fraction of sp³-hybridized carbons (Fsp3) is 0.435. The van der Waals surface area contributed by atoms with E-state index in [1.165, 1.54) is 6.20 Å². The lowest BCUT2D eigenvalue weighted by molar-refractivity contribution is 0.0497. The Balaban J connectivity index is 1.48. The number of carbonyl (C=O) groups excluding carboxylic acids is 1. The Kier molecular flexibility index (Phi) is 5.56. The van der Waals surface area contributed by atoms with Crippen molar-refractivity contribution in [2.75, 3.05) is 18.0 Å². The van der Waals surface area contributed by atoms with E-state index in [0.29, 0.717) is 30.3 Å². The summed E-state index contributed by atoms with van der Waals surface area (Å²) >= 11 is 0. The first kappa shape index (κ1) is 21.1.